The maximum atomic E-state index is 13.5. The average Bonchev–Trinajstić information content (AvgIpc) is 2.27. The van der Waals surface area contributed by atoms with E-state index in [0.717, 1.165) is 0 Å². The van der Waals surface area contributed by atoms with Gasteiger partial charge in [0.2, 0.25) is 0 Å². The van der Waals surface area contributed by atoms with Crippen LogP contribution in [-0.4, -0.2) is 19.0 Å². The quantitative estimate of drug-likeness (QED) is 0.762. The molecule has 1 aliphatic rings. The first-order valence-corrected chi connectivity index (χ1v) is 5.77. The molecule has 2 nitrogen and oxygen atoms in total. The van der Waals surface area contributed by atoms with Gasteiger partial charge in [0.1, 0.15) is 17.5 Å². The Labute approximate surface area is 103 Å². The van der Waals surface area contributed by atoms with Gasteiger partial charge >= 0.3 is 0 Å². The Morgan fingerprint density at radius 3 is 2.44 bits per heavy atom. The predicted molar refractivity (Wildman–Crippen MR) is 58.7 cm³/mol. The third kappa shape index (κ3) is 2.41. The van der Waals surface area contributed by atoms with Crippen LogP contribution < -0.4 is 0 Å². The number of carbonyl (C=O) groups excluding carboxylic acids is 1. The lowest BCUT2D eigenvalue weighted by atomic mass is 9.83. The SMILES string of the molecule is CC1COCCC1C(=O)c1c(F)cc(F)cc1F. The van der Waals surface area contributed by atoms with E-state index in [4.69, 9.17) is 4.74 Å². The van der Waals surface area contributed by atoms with E-state index in [1.165, 1.54) is 0 Å². The number of benzene rings is 1. The summed E-state index contributed by atoms with van der Waals surface area (Å²) in [5, 5.41) is 0. The van der Waals surface area contributed by atoms with E-state index >= 15 is 0 Å². The van der Waals surface area contributed by atoms with Gasteiger partial charge in [-0.25, -0.2) is 13.2 Å². The lowest BCUT2D eigenvalue weighted by Gasteiger charge is -2.27. The predicted octanol–water partition coefficient (Wildman–Crippen LogP) is 2.96. The molecule has 1 aromatic rings. The average molecular weight is 258 g/mol. The molecule has 0 spiro atoms. The minimum Gasteiger partial charge on any atom is -0.381 e. The van der Waals surface area contributed by atoms with Gasteiger partial charge in [0.05, 0.1) is 5.56 Å². The molecule has 1 saturated heterocycles. The molecule has 0 bridgehead atoms. The van der Waals surface area contributed by atoms with Crippen molar-refractivity contribution in [3.8, 4) is 0 Å². The molecule has 1 aromatic carbocycles. The Kier molecular flexibility index (Phi) is 3.71. The van der Waals surface area contributed by atoms with Gasteiger partial charge in [0.25, 0.3) is 0 Å². The second-order valence-electron chi connectivity index (χ2n) is 4.56. The van der Waals surface area contributed by atoms with Crippen molar-refractivity contribution in [2.75, 3.05) is 13.2 Å². The molecule has 0 N–H and O–H groups in total. The highest BCUT2D eigenvalue weighted by molar-refractivity contribution is 5.98. The minimum atomic E-state index is -1.14. The number of hydrogen-bond donors (Lipinski definition) is 0. The van der Waals surface area contributed by atoms with Crippen molar-refractivity contribution in [1.29, 1.82) is 0 Å². The zero-order valence-corrected chi connectivity index (χ0v) is 9.88. The smallest absolute Gasteiger partial charge is 0.172 e. The van der Waals surface area contributed by atoms with Crippen molar-refractivity contribution in [2.24, 2.45) is 11.8 Å². The Morgan fingerprint density at radius 2 is 1.89 bits per heavy atom. The molecule has 0 saturated carbocycles. The van der Waals surface area contributed by atoms with Crippen LogP contribution in [0.25, 0.3) is 0 Å². The molecule has 2 rings (SSSR count). The van der Waals surface area contributed by atoms with E-state index in [-0.39, 0.29) is 5.92 Å². The highest BCUT2D eigenvalue weighted by Gasteiger charge is 2.32. The van der Waals surface area contributed by atoms with Crippen molar-refractivity contribution in [3.05, 3.63) is 35.1 Å². The van der Waals surface area contributed by atoms with E-state index in [1.807, 2.05) is 0 Å². The number of hydrogen-bond acceptors (Lipinski definition) is 2. The van der Waals surface area contributed by atoms with Gasteiger partial charge in [-0.05, 0) is 12.3 Å². The molecule has 5 heteroatoms. The first kappa shape index (κ1) is 13.1. The highest BCUT2D eigenvalue weighted by atomic mass is 19.1. The zero-order valence-electron chi connectivity index (χ0n) is 9.88. The third-order valence-electron chi connectivity index (χ3n) is 3.23. The van der Waals surface area contributed by atoms with Crippen LogP contribution in [0.1, 0.15) is 23.7 Å². The monoisotopic (exact) mass is 258 g/mol. The van der Waals surface area contributed by atoms with Crippen molar-refractivity contribution in [2.45, 2.75) is 13.3 Å². The fourth-order valence-corrected chi connectivity index (χ4v) is 2.23. The molecule has 0 aliphatic carbocycles. The molecule has 1 fully saturated rings. The van der Waals surface area contributed by atoms with Crippen molar-refractivity contribution in [3.63, 3.8) is 0 Å². The summed E-state index contributed by atoms with van der Waals surface area (Å²) < 4.78 is 45.0. The largest absolute Gasteiger partial charge is 0.381 e. The number of Topliss-reactive ketones (excluding diaryl/α,β-unsaturated/α-hetero) is 1. The van der Waals surface area contributed by atoms with Crippen LogP contribution >= 0.6 is 0 Å². The Balaban J connectivity index is 2.33. The van der Waals surface area contributed by atoms with E-state index in [1.54, 1.807) is 6.92 Å². The fraction of sp³-hybridized carbons (Fsp3) is 0.462. The molecule has 98 valence electrons. The third-order valence-corrected chi connectivity index (χ3v) is 3.23. The van der Waals surface area contributed by atoms with Gasteiger partial charge in [-0.15, -0.1) is 0 Å². The number of ketones is 1. The Hall–Kier alpha value is -1.36. The first-order chi connectivity index (χ1) is 8.50. The molecule has 2 atom stereocenters. The molecule has 1 heterocycles. The minimum absolute atomic E-state index is 0.102. The van der Waals surface area contributed by atoms with Crippen molar-refractivity contribution in [1.82, 2.24) is 0 Å². The topological polar surface area (TPSA) is 26.3 Å². The van der Waals surface area contributed by atoms with Crippen LogP contribution in [0.4, 0.5) is 13.2 Å². The van der Waals surface area contributed by atoms with Gasteiger partial charge in [0, 0.05) is 31.3 Å². The van der Waals surface area contributed by atoms with E-state index < -0.39 is 34.7 Å². The number of ether oxygens (including phenoxy) is 1. The summed E-state index contributed by atoms with van der Waals surface area (Å²) >= 11 is 0. The normalized spacial score (nSPS) is 24.0. The Morgan fingerprint density at radius 1 is 1.28 bits per heavy atom. The molecule has 1 aliphatic heterocycles. The van der Waals surface area contributed by atoms with E-state index in [9.17, 15) is 18.0 Å². The van der Waals surface area contributed by atoms with Crippen LogP contribution in [0.15, 0.2) is 12.1 Å². The maximum Gasteiger partial charge on any atom is 0.172 e. The molecule has 0 radical (unpaired) electrons. The van der Waals surface area contributed by atoms with E-state index in [0.29, 0.717) is 31.8 Å². The molecule has 18 heavy (non-hydrogen) atoms. The summed E-state index contributed by atoms with van der Waals surface area (Å²) in [7, 11) is 0. The Bertz CT molecular complexity index is 450. The lowest BCUT2D eigenvalue weighted by molar-refractivity contribution is 0.0237. The van der Waals surface area contributed by atoms with Crippen LogP contribution in [0.5, 0.6) is 0 Å². The van der Waals surface area contributed by atoms with Crippen LogP contribution in [-0.2, 0) is 4.74 Å². The second kappa shape index (κ2) is 5.10. The van der Waals surface area contributed by atoms with Gasteiger partial charge in [0.15, 0.2) is 5.78 Å². The fourth-order valence-electron chi connectivity index (χ4n) is 2.23. The van der Waals surface area contributed by atoms with Gasteiger partial charge in [-0.1, -0.05) is 6.92 Å². The first-order valence-electron chi connectivity index (χ1n) is 5.77. The zero-order chi connectivity index (χ0) is 13.3. The molecular weight excluding hydrogens is 245 g/mol. The van der Waals surface area contributed by atoms with Crippen LogP contribution in [0.3, 0.4) is 0 Å². The van der Waals surface area contributed by atoms with Gasteiger partial charge in [-0.2, -0.15) is 0 Å². The summed E-state index contributed by atoms with van der Waals surface area (Å²) in [4.78, 5) is 12.1. The van der Waals surface area contributed by atoms with Crippen molar-refractivity contribution >= 4 is 5.78 Å². The number of halogens is 3. The van der Waals surface area contributed by atoms with Gasteiger partial charge in [-0.3, -0.25) is 4.79 Å². The molecule has 0 aromatic heterocycles. The number of carbonyl (C=O) groups is 1. The van der Waals surface area contributed by atoms with Crippen LogP contribution in [0, 0.1) is 29.3 Å². The molecular formula is C13H13F3O2. The summed E-state index contributed by atoms with van der Waals surface area (Å²) in [6, 6.07) is 1.06. The maximum absolute atomic E-state index is 13.5. The second-order valence-corrected chi connectivity index (χ2v) is 4.56. The summed E-state index contributed by atoms with van der Waals surface area (Å²) in [6.07, 6.45) is 0.427. The summed E-state index contributed by atoms with van der Waals surface area (Å²) in [5.41, 5.74) is -0.643. The standard InChI is InChI=1S/C13H13F3O2/c1-7-6-18-3-2-9(7)13(17)12-10(15)4-8(14)5-11(12)16/h4-5,7,9H,2-3,6H2,1H3. The lowest BCUT2D eigenvalue weighted by Crippen LogP contribution is -2.32. The van der Waals surface area contributed by atoms with Gasteiger partial charge < -0.3 is 4.74 Å². The summed E-state index contributed by atoms with van der Waals surface area (Å²) in [5.74, 6) is -4.50. The van der Waals surface area contributed by atoms with Crippen LogP contribution in [0.2, 0.25) is 0 Å². The summed E-state index contributed by atoms with van der Waals surface area (Å²) in [6.45, 7) is 2.58. The van der Waals surface area contributed by atoms with E-state index in [2.05, 4.69) is 0 Å². The molecule has 2 unspecified atom stereocenters. The molecule has 0 amide bonds. The highest BCUT2D eigenvalue weighted by Crippen LogP contribution is 2.27. The number of rotatable bonds is 2. The van der Waals surface area contributed by atoms with Crippen molar-refractivity contribution < 1.29 is 22.7 Å².